The number of piperazine rings is 1. The Morgan fingerprint density at radius 1 is 0.964 bits per heavy atom. The number of nitrogens with one attached hydrogen (secondary N) is 1. The van der Waals surface area contributed by atoms with Gasteiger partial charge in [0, 0.05) is 56.7 Å². The van der Waals surface area contributed by atoms with Crippen LogP contribution in [0.5, 0.6) is 0 Å². The summed E-state index contributed by atoms with van der Waals surface area (Å²) in [6, 6.07) is 16.3. The van der Waals surface area contributed by atoms with Gasteiger partial charge in [0.1, 0.15) is 5.82 Å². The standard InChI is InChI=1S/C22H26N6/c1-2-27-11-13-28(14-12-27)22-25-20(19-8-4-3-5-9-19)15-21(26-22)24-17-18-7-6-10-23-16-18/h3-10,15-16H,2,11-14,17H2,1H3,(H,24,25,26). The molecule has 1 aromatic carbocycles. The highest BCUT2D eigenvalue weighted by Gasteiger charge is 2.19. The summed E-state index contributed by atoms with van der Waals surface area (Å²) in [7, 11) is 0. The molecule has 28 heavy (non-hydrogen) atoms. The minimum atomic E-state index is 0.683. The van der Waals surface area contributed by atoms with Crippen molar-refractivity contribution in [2.24, 2.45) is 0 Å². The van der Waals surface area contributed by atoms with E-state index in [2.05, 4.69) is 45.2 Å². The lowest BCUT2D eigenvalue weighted by Crippen LogP contribution is -2.46. The number of hydrogen-bond acceptors (Lipinski definition) is 6. The lowest BCUT2D eigenvalue weighted by atomic mass is 10.1. The Morgan fingerprint density at radius 2 is 1.79 bits per heavy atom. The second-order valence-corrected chi connectivity index (χ2v) is 6.94. The zero-order chi connectivity index (χ0) is 19.2. The Bertz CT molecular complexity index is 876. The van der Waals surface area contributed by atoms with E-state index in [1.807, 2.05) is 36.5 Å². The number of anilines is 2. The van der Waals surface area contributed by atoms with Crippen LogP contribution in [0, 0.1) is 0 Å². The molecule has 1 N–H and O–H groups in total. The first kappa shape index (κ1) is 18.4. The van der Waals surface area contributed by atoms with Crippen LogP contribution in [-0.2, 0) is 6.54 Å². The number of hydrogen-bond donors (Lipinski definition) is 1. The topological polar surface area (TPSA) is 57.2 Å². The number of nitrogens with zero attached hydrogens (tertiary/aromatic N) is 5. The summed E-state index contributed by atoms with van der Waals surface area (Å²) >= 11 is 0. The molecule has 0 bridgehead atoms. The summed E-state index contributed by atoms with van der Waals surface area (Å²) in [6.07, 6.45) is 3.66. The van der Waals surface area contributed by atoms with Gasteiger partial charge in [0.15, 0.2) is 0 Å². The molecule has 2 aromatic heterocycles. The van der Waals surface area contributed by atoms with E-state index >= 15 is 0 Å². The number of rotatable bonds is 6. The number of benzene rings is 1. The highest BCUT2D eigenvalue weighted by atomic mass is 15.3. The first-order valence-corrected chi connectivity index (χ1v) is 9.86. The third kappa shape index (κ3) is 4.46. The van der Waals surface area contributed by atoms with E-state index in [-0.39, 0.29) is 0 Å². The second kappa shape index (κ2) is 8.80. The second-order valence-electron chi connectivity index (χ2n) is 6.94. The van der Waals surface area contributed by atoms with Crippen LogP contribution in [0.3, 0.4) is 0 Å². The van der Waals surface area contributed by atoms with Crippen LogP contribution in [-0.4, -0.2) is 52.6 Å². The van der Waals surface area contributed by atoms with Crippen molar-refractivity contribution in [3.63, 3.8) is 0 Å². The van der Waals surface area contributed by atoms with Crippen LogP contribution in [0.1, 0.15) is 12.5 Å². The average molecular weight is 374 g/mol. The molecule has 0 amide bonds. The third-order valence-electron chi connectivity index (χ3n) is 5.08. The molecule has 144 valence electrons. The van der Waals surface area contributed by atoms with Crippen molar-refractivity contribution in [3.8, 4) is 11.3 Å². The predicted octanol–water partition coefficient (Wildman–Crippen LogP) is 3.29. The fourth-order valence-electron chi connectivity index (χ4n) is 3.38. The Labute approximate surface area is 166 Å². The van der Waals surface area contributed by atoms with Gasteiger partial charge in [-0.05, 0) is 18.2 Å². The van der Waals surface area contributed by atoms with Crippen LogP contribution in [0.4, 0.5) is 11.8 Å². The van der Waals surface area contributed by atoms with Gasteiger partial charge < -0.3 is 15.1 Å². The quantitative estimate of drug-likeness (QED) is 0.714. The predicted molar refractivity (Wildman–Crippen MR) is 113 cm³/mol. The Hall–Kier alpha value is -2.99. The zero-order valence-electron chi connectivity index (χ0n) is 16.3. The molecule has 0 aliphatic carbocycles. The molecule has 1 aliphatic rings. The van der Waals surface area contributed by atoms with Crippen LogP contribution in [0.25, 0.3) is 11.3 Å². The van der Waals surface area contributed by atoms with Gasteiger partial charge in [-0.1, -0.05) is 43.3 Å². The molecular formula is C22H26N6. The summed E-state index contributed by atoms with van der Waals surface area (Å²) in [5, 5.41) is 3.44. The molecule has 1 fully saturated rings. The van der Waals surface area contributed by atoms with Gasteiger partial charge in [-0.15, -0.1) is 0 Å². The first-order valence-electron chi connectivity index (χ1n) is 9.86. The summed E-state index contributed by atoms with van der Waals surface area (Å²) in [4.78, 5) is 18.6. The lowest BCUT2D eigenvalue weighted by molar-refractivity contribution is 0.270. The van der Waals surface area contributed by atoms with Gasteiger partial charge in [0.25, 0.3) is 0 Å². The Morgan fingerprint density at radius 3 is 2.50 bits per heavy atom. The van der Waals surface area contributed by atoms with E-state index in [9.17, 15) is 0 Å². The van der Waals surface area contributed by atoms with Crippen molar-refractivity contribution in [1.82, 2.24) is 19.9 Å². The highest BCUT2D eigenvalue weighted by Crippen LogP contribution is 2.24. The van der Waals surface area contributed by atoms with E-state index < -0.39 is 0 Å². The van der Waals surface area contributed by atoms with Crippen molar-refractivity contribution < 1.29 is 0 Å². The molecular weight excluding hydrogens is 348 g/mol. The van der Waals surface area contributed by atoms with Crippen LogP contribution < -0.4 is 10.2 Å². The van der Waals surface area contributed by atoms with Gasteiger partial charge in [0.2, 0.25) is 5.95 Å². The maximum absolute atomic E-state index is 4.88. The number of likely N-dealkylation sites (N-methyl/N-ethyl adjacent to an activating group) is 1. The average Bonchev–Trinajstić information content (AvgIpc) is 2.79. The molecule has 0 atom stereocenters. The van der Waals surface area contributed by atoms with E-state index in [0.29, 0.717) is 6.54 Å². The summed E-state index contributed by atoms with van der Waals surface area (Å²) < 4.78 is 0. The largest absolute Gasteiger partial charge is 0.366 e. The molecule has 1 saturated heterocycles. The van der Waals surface area contributed by atoms with Crippen LogP contribution in [0.2, 0.25) is 0 Å². The molecule has 3 aromatic rings. The van der Waals surface area contributed by atoms with Crippen molar-refractivity contribution in [1.29, 1.82) is 0 Å². The highest BCUT2D eigenvalue weighted by molar-refractivity contribution is 5.64. The summed E-state index contributed by atoms with van der Waals surface area (Å²) in [6.45, 7) is 7.99. The molecule has 0 unspecified atom stereocenters. The summed E-state index contributed by atoms with van der Waals surface area (Å²) in [5.74, 6) is 1.64. The molecule has 3 heterocycles. The number of pyridine rings is 1. The molecule has 6 nitrogen and oxygen atoms in total. The minimum absolute atomic E-state index is 0.683. The molecule has 4 rings (SSSR count). The normalized spacial score (nSPS) is 14.8. The lowest BCUT2D eigenvalue weighted by Gasteiger charge is -2.34. The van der Waals surface area contributed by atoms with E-state index in [1.165, 1.54) is 0 Å². The van der Waals surface area contributed by atoms with E-state index in [1.54, 1.807) is 6.20 Å². The SMILES string of the molecule is CCN1CCN(c2nc(NCc3cccnc3)cc(-c3ccccc3)n2)CC1. The van der Waals surface area contributed by atoms with Crippen molar-refractivity contribution in [3.05, 3.63) is 66.5 Å². The molecule has 6 heteroatoms. The first-order chi connectivity index (χ1) is 13.8. The third-order valence-corrected chi connectivity index (χ3v) is 5.08. The van der Waals surface area contributed by atoms with Gasteiger partial charge >= 0.3 is 0 Å². The Balaban J connectivity index is 1.59. The number of aromatic nitrogens is 3. The van der Waals surface area contributed by atoms with Crippen molar-refractivity contribution >= 4 is 11.8 Å². The van der Waals surface area contributed by atoms with Crippen LogP contribution >= 0.6 is 0 Å². The van der Waals surface area contributed by atoms with Crippen molar-refractivity contribution in [2.75, 3.05) is 42.9 Å². The van der Waals surface area contributed by atoms with Gasteiger partial charge in [-0.2, -0.15) is 4.98 Å². The molecule has 0 saturated carbocycles. The monoisotopic (exact) mass is 374 g/mol. The van der Waals surface area contributed by atoms with E-state index in [4.69, 9.17) is 9.97 Å². The summed E-state index contributed by atoms with van der Waals surface area (Å²) in [5.41, 5.74) is 3.17. The molecule has 0 radical (unpaired) electrons. The van der Waals surface area contributed by atoms with Crippen LogP contribution in [0.15, 0.2) is 60.9 Å². The van der Waals surface area contributed by atoms with Gasteiger partial charge in [0.05, 0.1) is 5.69 Å². The minimum Gasteiger partial charge on any atom is -0.366 e. The van der Waals surface area contributed by atoms with Crippen molar-refractivity contribution in [2.45, 2.75) is 13.5 Å². The van der Waals surface area contributed by atoms with E-state index in [0.717, 1.165) is 61.3 Å². The Kier molecular flexibility index (Phi) is 5.77. The maximum atomic E-state index is 4.88. The maximum Gasteiger partial charge on any atom is 0.227 e. The smallest absolute Gasteiger partial charge is 0.227 e. The fraction of sp³-hybridized carbons (Fsp3) is 0.318. The van der Waals surface area contributed by atoms with Gasteiger partial charge in [-0.3, -0.25) is 4.98 Å². The molecule has 0 spiro atoms. The fourth-order valence-corrected chi connectivity index (χ4v) is 3.38. The van der Waals surface area contributed by atoms with Gasteiger partial charge in [-0.25, -0.2) is 4.98 Å². The molecule has 1 aliphatic heterocycles. The zero-order valence-corrected chi connectivity index (χ0v) is 16.3.